The molecule has 0 atom stereocenters. The normalized spacial score (nSPS) is 17.9. The fourth-order valence-corrected chi connectivity index (χ4v) is 1.75. The van der Waals surface area contributed by atoms with E-state index in [1.165, 1.54) is 25.5 Å². The Morgan fingerprint density at radius 3 is 2.69 bits per heavy atom. The van der Waals surface area contributed by atoms with Crippen LogP contribution < -0.4 is 0 Å². The van der Waals surface area contributed by atoms with E-state index in [-0.39, 0.29) is 12.1 Å². The van der Waals surface area contributed by atoms with E-state index in [4.69, 9.17) is 9.47 Å². The highest BCUT2D eigenvalue weighted by molar-refractivity contribution is 5.87. The van der Waals surface area contributed by atoms with Crippen molar-refractivity contribution < 1.29 is 14.3 Å². The van der Waals surface area contributed by atoms with E-state index in [2.05, 4.69) is 6.58 Å². The fraction of sp³-hybridized carbons (Fsp3) is 0.615. The van der Waals surface area contributed by atoms with Crippen LogP contribution in [0.2, 0.25) is 0 Å². The molecule has 0 spiro atoms. The summed E-state index contributed by atoms with van der Waals surface area (Å²) >= 11 is 0. The number of rotatable bonds is 5. The van der Waals surface area contributed by atoms with Crippen molar-refractivity contribution in [2.75, 3.05) is 6.61 Å². The van der Waals surface area contributed by atoms with Gasteiger partial charge in [0, 0.05) is 5.57 Å². The maximum absolute atomic E-state index is 11.6. The van der Waals surface area contributed by atoms with Gasteiger partial charge in [0.25, 0.3) is 0 Å². The van der Waals surface area contributed by atoms with Crippen molar-refractivity contribution in [1.82, 2.24) is 0 Å². The molecule has 3 heteroatoms. The summed E-state index contributed by atoms with van der Waals surface area (Å²) in [6.07, 6.45) is 8.79. The summed E-state index contributed by atoms with van der Waals surface area (Å²) < 4.78 is 10.3. The molecule has 90 valence electrons. The highest BCUT2D eigenvalue weighted by atomic mass is 16.5. The lowest BCUT2D eigenvalue weighted by Crippen LogP contribution is -2.21. The van der Waals surface area contributed by atoms with Crippen molar-refractivity contribution in [3.63, 3.8) is 0 Å². The third kappa shape index (κ3) is 4.51. The first kappa shape index (κ1) is 12.8. The lowest BCUT2D eigenvalue weighted by molar-refractivity contribution is -0.145. The third-order valence-electron chi connectivity index (χ3n) is 2.75. The van der Waals surface area contributed by atoms with Crippen LogP contribution in [-0.2, 0) is 14.3 Å². The molecule has 0 aromatic rings. The first-order chi connectivity index (χ1) is 7.74. The minimum absolute atomic E-state index is 0.116. The van der Waals surface area contributed by atoms with E-state index in [0.29, 0.717) is 12.2 Å². The molecule has 0 aromatic carbocycles. The molecule has 0 bridgehead atoms. The zero-order valence-corrected chi connectivity index (χ0v) is 9.91. The number of carbonyl (C=O) groups excluding carboxylic acids is 1. The zero-order valence-electron chi connectivity index (χ0n) is 9.91. The van der Waals surface area contributed by atoms with E-state index in [1.54, 1.807) is 13.0 Å². The van der Waals surface area contributed by atoms with Gasteiger partial charge in [0.15, 0.2) is 0 Å². The van der Waals surface area contributed by atoms with Crippen LogP contribution >= 0.6 is 0 Å². The zero-order chi connectivity index (χ0) is 11.8. The van der Waals surface area contributed by atoms with Crippen molar-refractivity contribution in [2.45, 2.75) is 45.1 Å². The monoisotopic (exact) mass is 224 g/mol. The Labute approximate surface area is 97.1 Å². The first-order valence-corrected chi connectivity index (χ1v) is 5.84. The van der Waals surface area contributed by atoms with Crippen LogP contribution in [0.4, 0.5) is 0 Å². The fourth-order valence-electron chi connectivity index (χ4n) is 1.75. The standard InChI is InChI=1S/C13H20O3/c1-3-15-10-9-11(2)13(14)16-12-7-5-4-6-8-12/h3,9,12H,1,4-8,10H2,2H3. The van der Waals surface area contributed by atoms with Crippen molar-refractivity contribution in [1.29, 1.82) is 0 Å². The molecule has 1 rings (SSSR count). The van der Waals surface area contributed by atoms with Gasteiger partial charge in [-0.1, -0.05) is 13.0 Å². The topological polar surface area (TPSA) is 35.5 Å². The molecule has 0 amide bonds. The van der Waals surface area contributed by atoms with Gasteiger partial charge < -0.3 is 9.47 Å². The molecule has 0 unspecified atom stereocenters. The molecular formula is C13H20O3. The van der Waals surface area contributed by atoms with Gasteiger partial charge in [-0.3, -0.25) is 0 Å². The van der Waals surface area contributed by atoms with E-state index < -0.39 is 0 Å². The van der Waals surface area contributed by atoms with Crippen molar-refractivity contribution in [2.24, 2.45) is 0 Å². The number of ether oxygens (including phenoxy) is 2. The smallest absolute Gasteiger partial charge is 0.333 e. The van der Waals surface area contributed by atoms with Crippen molar-refractivity contribution in [3.8, 4) is 0 Å². The van der Waals surface area contributed by atoms with Gasteiger partial charge in [0.1, 0.15) is 12.7 Å². The summed E-state index contributed by atoms with van der Waals surface area (Å²) in [6, 6.07) is 0. The maximum Gasteiger partial charge on any atom is 0.333 e. The van der Waals surface area contributed by atoms with E-state index in [9.17, 15) is 4.79 Å². The Kier molecular flexibility index (Phi) is 5.68. The maximum atomic E-state index is 11.6. The average Bonchev–Trinajstić information content (AvgIpc) is 2.30. The molecule has 0 aliphatic heterocycles. The summed E-state index contributed by atoms with van der Waals surface area (Å²) in [5, 5.41) is 0. The van der Waals surface area contributed by atoms with Crippen LogP contribution in [0, 0.1) is 0 Å². The van der Waals surface area contributed by atoms with Crippen LogP contribution in [0.15, 0.2) is 24.5 Å². The molecule has 0 radical (unpaired) electrons. The van der Waals surface area contributed by atoms with Gasteiger partial charge in [0.2, 0.25) is 0 Å². The Hall–Kier alpha value is -1.25. The van der Waals surface area contributed by atoms with Crippen LogP contribution in [0.5, 0.6) is 0 Å². The summed E-state index contributed by atoms with van der Waals surface area (Å²) in [4.78, 5) is 11.6. The minimum Gasteiger partial charge on any atom is -0.498 e. The summed E-state index contributed by atoms with van der Waals surface area (Å²) in [6.45, 7) is 5.55. The lowest BCUT2D eigenvalue weighted by Gasteiger charge is -2.21. The van der Waals surface area contributed by atoms with Gasteiger partial charge in [-0.25, -0.2) is 4.79 Å². The van der Waals surface area contributed by atoms with Gasteiger partial charge >= 0.3 is 5.97 Å². The molecule has 0 aromatic heterocycles. The Morgan fingerprint density at radius 1 is 1.38 bits per heavy atom. The summed E-state index contributed by atoms with van der Waals surface area (Å²) in [7, 11) is 0. The number of esters is 1. The second-order valence-electron chi connectivity index (χ2n) is 4.05. The third-order valence-corrected chi connectivity index (χ3v) is 2.75. The predicted molar refractivity (Wildman–Crippen MR) is 62.9 cm³/mol. The first-order valence-electron chi connectivity index (χ1n) is 5.84. The Balaban J connectivity index is 2.32. The summed E-state index contributed by atoms with van der Waals surface area (Å²) in [5.41, 5.74) is 0.604. The molecule has 1 fully saturated rings. The summed E-state index contributed by atoms with van der Waals surface area (Å²) in [5.74, 6) is -0.223. The average molecular weight is 224 g/mol. The molecule has 1 aliphatic rings. The second-order valence-corrected chi connectivity index (χ2v) is 4.05. The van der Waals surface area contributed by atoms with Crippen LogP contribution in [0.25, 0.3) is 0 Å². The molecule has 0 N–H and O–H groups in total. The van der Waals surface area contributed by atoms with Gasteiger partial charge in [-0.2, -0.15) is 0 Å². The number of hydrogen-bond acceptors (Lipinski definition) is 3. The molecule has 0 heterocycles. The largest absolute Gasteiger partial charge is 0.498 e. The minimum atomic E-state index is -0.223. The highest BCUT2D eigenvalue weighted by Gasteiger charge is 2.18. The van der Waals surface area contributed by atoms with Crippen LogP contribution in [0.1, 0.15) is 39.0 Å². The van der Waals surface area contributed by atoms with Crippen molar-refractivity contribution >= 4 is 5.97 Å². The molecule has 0 saturated heterocycles. The molecular weight excluding hydrogens is 204 g/mol. The van der Waals surface area contributed by atoms with E-state index >= 15 is 0 Å². The highest BCUT2D eigenvalue weighted by Crippen LogP contribution is 2.21. The Bertz CT molecular complexity index is 262. The molecule has 1 saturated carbocycles. The van der Waals surface area contributed by atoms with Gasteiger partial charge in [0.05, 0.1) is 6.26 Å². The molecule has 1 aliphatic carbocycles. The number of hydrogen-bond donors (Lipinski definition) is 0. The van der Waals surface area contributed by atoms with Crippen LogP contribution in [0.3, 0.4) is 0 Å². The van der Waals surface area contributed by atoms with E-state index in [1.807, 2.05) is 0 Å². The SMILES string of the molecule is C=COCC=C(C)C(=O)OC1CCCCC1. The van der Waals surface area contributed by atoms with Crippen molar-refractivity contribution in [3.05, 3.63) is 24.5 Å². The second kappa shape index (κ2) is 7.09. The Morgan fingerprint density at radius 2 is 2.06 bits per heavy atom. The predicted octanol–water partition coefficient (Wildman–Crippen LogP) is 2.97. The lowest BCUT2D eigenvalue weighted by atomic mass is 9.98. The van der Waals surface area contributed by atoms with Gasteiger partial charge in [-0.15, -0.1) is 0 Å². The molecule has 3 nitrogen and oxygen atoms in total. The van der Waals surface area contributed by atoms with Crippen LogP contribution in [-0.4, -0.2) is 18.7 Å². The quantitative estimate of drug-likeness (QED) is 0.312. The van der Waals surface area contributed by atoms with E-state index in [0.717, 1.165) is 12.8 Å². The van der Waals surface area contributed by atoms with Gasteiger partial charge in [-0.05, 0) is 38.7 Å². The number of carbonyl (C=O) groups is 1. The molecule has 16 heavy (non-hydrogen) atoms.